The van der Waals surface area contributed by atoms with Crippen molar-refractivity contribution in [1.29, 1.82) is 0 Å². The van der Waals surface area contributed by atoms with Crippen molar-refractivity contribution in [2.24, 2.45) is 0 Å². The van der Waals surface area contributed by atoms with Crippen LogP contribution in [0, 0.1) is 10.1 Å². The highest BCUT2D eigenvalue weighted by atomic mass is 16.6. The zero-order chi connectivity index (χ0) is 22.2. The minimum Gasteiger partial charge on any atom is -0.361 e. The predicted octanol–water partition coefficient (Wildman–Crippen LogP) is 6.69. The molecule has 3 rings (SSSR count). The molecular formula is C25H30N2O4. The molecule has 0 unspecified atom stereocenters. The largest absolute Gasteiger partial charge is 0.361 e. The first-order chi connectivity index (χ1) is 15.0. The summed E-state index contributed by atoms with van der Waals surface area (Å²) in [5.41, 5.74) is -0.425. The highest BCUT2D eigenvalue weighted by Gasteiger charge is 2.23. The second-order valence-corrected chi connectivity index (χ2v) is 8.15. The molecule has 0 radical (unpaired) electrons. The van der Waals surface area contributed by atoms with E-state index in [4.69, 9.17) is 0 Å². The molecule has 0 aliphatic heterocycles. The second-order valence-electron chi connectivity index (χ2n) is 8.15. The number of nitro groups is 1. The molecule has 164 valence electrons. The Labute approximate surface area is 181 Å². The molecule has 1 aromatic heterocycles. The summed E-state index contributed by atoms with van der Waals surface area (Å²) in [4.78, 5) is 39.6. The molecule has 6 heteroatoms. The van der Waals surface area contributed by atoms with Crippen molar-refractivity contribution in [2.75, 3.05) is 0 Å². The number of Topliss-reactive ketones (excluding diaryl/α,β-unsaturated/α-hetero) is 1. The Balaban J connectivity index is 1.76. The summed E-state index contributed by atoms with van der Waals surface area (Å²) in [7, 11) is 0. The topological polar surface area (TPSA) is 93.1 Å². The van der Waals surface area contributed by atoms with E-state index in [1.165, 1.54) is 38.5 Å². The van der Waals surface area contributed by atoms with E-state index in [9.17, 15) is 19.7 Å². The Morgan fingerprint density at radius 3 is 2.35 bits per heavy atom. The number of benzene rings is 2. The average Bonchev–Trinajstić information content (AvgIpc) is 2.77. The van der Waals surface area contributed by atoms with Gasteiger partial charge in [-0.05, 0) is 23.3 Å². The number of hydrogen-bond acceptors (Lipinski definition) is 4. The number of rotatable bonds is 12. The number of unbranched alkanes of at least 4 members (excludes halogenated alkanes) is 8. The number of non-ortho nitro benzene ring substituents is 1. The standard InChI is InChI=1S/C25H30N2O4/c1-2-3-4-5-6-7-8-9-10-13-22(28)20-17-21(27(30)31)25(29)23-19(20)15-14-18-12-11-16-26-24(18)23/h11-12,14-17,26H,2-10,13H2,1H3. The number of pyridine rings is 1. The molecule has 3 aromatic rings. The van der Waals surface area contributed by atoms with Crippen molar-refractivity contribution < 1.29 is 9.72 Å². The molecule has 0 amide bonds. The van der Waals surface area contributed by atoms with Gasteiger partial charge in [0.05, 0.1) is 15.8 Å². The number of ketones is 1. The van der Waals surface area contributed by atoms with Gasteiger partial charge in [-0.1, -0.05) is 76.5 Å². The number of fused-ring (bicyclic) bond motifs is 3. The van der Waals surface area contributed by atoms with E-state index in [1.54, 1.807) is 18.3 Å². The van der Waals surface area contributed by atoms with Crippen molar-refractivity contribution in [3.8, 4) is 0 Å². The van der Waals surface area contributed by atoms with Crippen LogP contribution in [0.15, 0.2) is 41.3 Å². The molecule has 31 heavy (non-hydrogen) atoms. The van der Waals surface area contributed by atoms with Crippen molar-refractivity contribution in [2.45, 2.75) is 71.1 Å². The molecule has 0 saturated heterocycles. The van der Waals surface area contributed by atoms with Crippen LogP contribution in [0.3, 0.4) is 0 Å². The molecule has 0 aliphatic rings. The lowest BCUT2D eigenvalue weighted by Gasteiger charge is -2.09. The molecule has 2 aromatic carbocycles. The number of H-pyrrole nitrogens is 1. The molecular weight excluding hydrogens is 392 g/mol. The summed E-state index contributed by atoms with van der Waals surface area (Å²) in [6.07, 6.45) is 12.3. The number of carbonyl (C=O) groups excluding carboxylic acids is 1. The first-order valence-corrected chi connectivity index (χ1v) is 11.3. The monoisotopic (exact) mass is 422 g/mol. The highest BCUT2D eigenvalue weighted by Crippen LogP contribution is 2.28. The van der Waals surface area contributed by atoms with Gasteiger partial charge in [-0.25, -0.2) is 0 Å². The van der Waals surface area contributed by atoms with Crippen LogP contribution in [-0.2, 0) is 0 Å². The van der Waals surface area contributed by atoms with Crippen LogP contribution in [0.25, 0.3) is 21.7 Å². The number of nitrogens with one attached hydrogen (secondary N) is 1. The van der Waals surface area contributed by atoms with Crippen LogP contribution in [0.5, 0.6) is 0 Å². The maximum Gasteiger partial charge on any atom is 0.317 e. The Hall–Kier alpha value is -3.02. The van der Waals surface area contributed by atoms with Gasteiger partial charge in [-0.15, -0.1) is 0 Å². The van der Waals surface area contributed by atoms with Gasteiger partial charge in [0.25, 0.3) is 5.43 Å². The summed E-state index contributed by atoms with van der Waals surface area (Å²) in [6, 6.07) is 8.34. The Morgan fingerprint density at radius 2 is 1.68 bits per heavy atom. The van der Waals surface area contributed by atoms with Crippen LogP contribution in [0.1, 0.15) is 81.5 Å². The maximum absolute atomic E-state index is 13.0. The first kappa shape index (κ1) is 22.7. The number of nitro benzene ring substituents is 1. The third-order valence-electron chi connectivity index (χ3n) is 5.87. The van der Waals surface area contributed by atoms with Gasteiger partial charge in [0.15, 0.2) is 5.78 Å². The summed E-state index contributed by atoms with van der Waals surface area (Å²) in [5.74, 6) is -0.147. The SMILES string of the molecule is CCCCCCCCCCCC(=O)c1cc([N+](=O)[O-])c(=O)c2c1ccc1ccc[nH]c12. The van der Waals surface area contributed by atoms with Crippen LogP contribution in [0.4, 0.5) is 5.69 Å². The number of carbonyl (C=O) groups is 1. The fourth-order valence-corrected chi connectivity index (χ4v) is 4.16. The van der Waals surface area contributed by atoms with E-state index in [0.29, 0.717) is 17.3 Å². The Morgan fingerprint density at radius 1 is 1.00 bits per heavy atom. The molecule has 0 bridgehead atoms. The molecule has 1 N–H and O–H groups in total. The van der Waals surface area contributed by atoms with Crippen molar-refractivity contribution in [3.05, 3.63) is 62.4 Å². The predicted molar refractivity (Wildman–Crippen MR) is 125 cm³/mol. The maximum atomic E-state index is 13.0. The number of nitrogens with zero attached hydrogens (tertiary/aromatic N) is 1. The smallest absolute Gasteiger partial charge is 0.317 e. The van der Waals surface area contributed by atoms with Crippen LogP contribution >= 0.6 is 0 Å². The number of aromatic nitrogens is 1. The minimum atomic E-state index is -0.696. The minimum absolute atomic E-state index is 0.147. The summed E-state index contributed by atoms with van der Waals surface area (Å²) >= 11 is 0. The first-order valence-electron chi connectivity index (χ1n) is 11.3. The Bertz CT molecular complexity index is 1130. The summed E-state index contributed by atoms with van der Waals surface area (Å²) < 4.78 is 0. The third kappa shape index (κ3) is 5.37. The van der Waals surface area contributed by atoms with Crippen LogP contribution in [0.2, 0.25) is 0 Å². The van der Waals surface area contributed by atoms with Gasteiger partial charge in [0.1, 0.15) is 0 Å². The van der Waals surface area contributed by atoms with E-state index < -0.39 is 16.0 Å². The van der Waals surface area contributed by atoms with Gasteiger partial charge in [-0.2, -0.15) is 0 Å². The molecule has 0 spiro atoms. The molecule has 0 aliphatic carbocycles. The third-order valence-corrected chi connectivity index (χ3v) is 5.87. The normalized spacial score (nSPS) is 11.3. The zero-order valence-corrected chi connectivity index (χ0v) is 18.1. The quantitative estimate of drug-likeness (QED) is 0.116. The van der Waals surface area contributed by atoms with Crippen molar-refractivity contribution in [1.82, 2.24) is 4.98 Å². The van der Waals surface area contributed by atoms with Gasteiger partial charge >= 0.3 is 5.69 Å². The second kappa shape index (κ2) is 10.8. The molecule has 0 saturated carbocycles. The molecule has 6 nitrogen and oxygen atoms in total. The van der Waals surface area contributed by atoms with Gasteiger partial charge < -0.3 is 4.98 Å². The molecule has 0 atom stereocenters. The summed E-state index contributed by atoms with van der Waals surface area (Å²) in [6.45, 7) is 2.21. The van der Waals surface area contributed by atoms with E-state index >= 15 is 0 Å². The fourth-order valence-electron chi connectivity index (χ4n) is 4.16. The van der Waals surface area contributed by atoms with Crippen molar-refractivity contribution >= 4 is 33.1 Å². The molecule has 1 heterocycles. The number of aromatic amines is 1. The van der Waals surface area contributed by atoms with E-state index in [-0.39, 0.29) is 16.7 Å². The van der Waals surface area contributed by atoms with Gasteiger partial charge in [0.2, 0.25) is 0 Å². The van der Waals surface area contributed by atoms with E-state index in [1.807, 2.05) is 12.1 Å². The van der Waals surface area contributed by atoms with Crippen LogP contribution < -0.4 is 5.43 Å². The number of hydrogen-bond donors (Lipinski definition) is 1. The zero-order valence-electron chi connectivity index (χ0n) is 18.1. The van der Waals surface area contributed by atoms with Gasteiger partial charge in [0, 0.05) is 24.2 Å². The van der Waals surface area contributed by atoms with E-state index in [2.05, 4.69) is 11.9 Å². The Kier molecular flexibility index (Phi) is 7.93. The molecule has 0 fully saturated rings. The fraction of sp³-hybridized carbons (Fsp3) is 0.440. The van der Waals surface area contributed by atoms with Gasteiger partial charge in [-0.3, -0.25) is 19.7 Å². The van der Waals surface area contributed by atoms with E-state index in [0.717, 1.165) is 30.7 Å². The van der Waals surface area contributed by atoms with Crippen molar-refractivity contribution in [3.63, 3.8) is 0 Å². The lowest BCUT2D eigenvalue weighted by Crippen LogP contribution is -2.13. The summed E-state index contributed by atoms with van der Waals surface area (Å²) in [5, 5.41) is 12.9. The van der Waals surface area contributed by atoms with Crippen LogP contribution in [-0.4, -0.2) is 15.7 Å². The lowest BCUT2D eigenvalue weighted by molar-refractivity contribution is -0.385. The highest BCUT2D eigenvalue weighted by molar-refractivity contribution is 6.15. The average molecular weight is 423 g/mol. The lowest BCUT2D eigenvalue weighted by atomic mass is 9.95.